The van der Waals surface area contributed by atoms with Gasteiger partial charge in [0.2, 0.25) is 0 Å². The van der Waals surface area contributed by atoms with Gasteiger partial charge in [0.1, 0.15) is 11.9 Å². The van der Waals surface area contributed by atoms with Crippen LogP contribution >= 0.6 is 0 Å². The molecule has 118 valence electrons. The van der Waals surface area contributed by atoms with Crippen molar-refractivity contribution in [3.63, 3.8) is 0 Å². The van der Waals surface area contributed by atoms with E-state index < -0.39 is 6.09 Å². The van der Waals surface area contributed by atoms with Gasteiger partial charge in [-0.25, -0.2) is 4.79 Å². The number of ether oxygens (including phenoxy) is 2. The number of alkyl carbamates (subject to hydrolysis) is 1. The maximum atomic E-state index is 12.1. The van der Waals surface area contributed by atoms with E-state index in [0.29, 0.717) is 23.3 Å². The summed E-state index contributed by atoms with van der Waals surface area (Å²) in [7, 11) is 1.50. The maximum Gasteiger partial charge on any atom is 0.412 e. The summed E-state index contributed by atoms with van der Waals surface area (Å²) in [5, 5.41) is 2.68. The summed E-state index contributed by atoms with van der Waals surface area (Å²) in [6.45, 7) is 11.7. The van der Waals surface area contributed by atoms with Gasteiger partial charge in [0.05, 0.1) is 12.8 Å². The third kappa shape index (κ3) is 5.29. The van der Waals surface area contributed by atoms with Crippen LogP contribution in [0.5, 0.6) is 0 Å². The lowest BCUT2D eigenvalue weighted by Gasteiger charge is -2.33. The Morgan fingerprint density at radius 3 is 2.57 bits per heavy atom. The average molecular weight is 293 g/mol. The van der Waals surface area contributed by atoms with Gasteiger partial charge in [-0.05, 0) is 37.2 Å². The lowest BCUT2D eigenvalue weighted by Crippen LogP contribution is -2.37. The van der Waals surface area contributed by atoms with E-state index in [1.807, 2.05) is 0 Å². The number of amides is 1. The second-order valence-electron chi connectivity index (χ2n) is 5.70. The van der Waals surface area contributed by atoms with Crippen LogP contribution in [0.4, 0.5) is 4.79 Å². The van der Waals surface area contributed by atoms with Gasteiger partial charge in [-0.3, -0.25) is 5.32 Å². The van der Waals surface area contributed by atoms with Crippen molar-refractivity contribution in [1.82, 2.24) is 5.32 Å². The molecule has 0 bridgehead atoms. The molecule has 0 saturated heterocycles. The smallest absolute Gasteiger partial charge is 0.412 e. The zero-order chi connectivity index (χ0) is 15.8. The fourth-order valence-corrected chi connectivity index (χ4v) is 2.74. The van der Waals surface area contributed by atoms with Crippen molar-refractivity contribution in [1.29, 1.82) is 0 Å². The van der Waals surface area contributed by atoms with Crippen LogP contribution in [0.1, 0.15) is 39.5 Å². The number of hydrogen-bond donors (Lipinski definition) is 1. The Bertz CT molecular complexity index is 412. The van der Waals surface area contributed by atoms with Crippen LogP contribution in [-0.4, -0.2) is 19.3 Å². The molecule has 1 saturated carbocycles. The summed E-state index contributed by atoms with van der Waals surface area (Å²) in [5.74, 6) is 1.32. The first kappa shape index (κ1) is 17.3. The number of hydrogen-bond acceptors (Lipinski definition) is 3. The van der Waals surface area contributed by atoms with Gasteiger partial charge in [-0.2, -0.15) is 0 Å². The highest BCUT2D eigenvalue weighted by molar-refractivity contribution is 5.71. The lowest BCUT2D eigenvalue weighted by molar-refractivity contribution is 0.0215. The predicted molar refractivity (Wildman–Crippen MR) is 84.6 cm³/mol. The molecule has 1 fully saturated rings. The molecule has 1 rings (SSSR count). The maximum absolute atomic E-state index is 12.1. The molecule has 0 spiro atoms. The Hall–Kier alpha value is -1.71. The molecule has 0 heterocycles. The van der Waals surface area contributed by atoms with Crippen LogP contribution in [0.2, 0.25) is 0 Å². The predicted octanol–water partition coefficient (Wildman–Crippen LogP) is 4.16. The summed E-state index contributed by atoms with van der Waals surface area (Å²) in [4.78, 5) is 12.1. The first-order chi connectivity index (χ1) is 9.99. The van der Waals surface area contributed by atoms with Crippen LogP contribution in [0.15, 0.2) is 36.8 Å². The van der Waals surface area contributed by atoms with Crippen molar-refractivity contribution in [3.8, 4) is 0 Å². The van der Waals surface area contributed by atoms with E-state index in [1.165, 1.54) is 13.5 Å². The van der Waals surface area contributed by atoms with Crippen molar-refractivity contribution in [2.45, 2.75) is 45.6 Å². The molecule has 1 N–H and O–H groups in total. The van der Waals surface area contributed by atoms with Crippen molar-refractivity contribution < 1.29 is 14.3 Å². The summed E-state index contributed by atoms with van der Waals surface area (Å²) < 4.78 is 10.6. The number of nitrogens with one attached hydrogen (secondary N) is 1. The van der Waals surface area contributed by atoms with Crippen molar-refractivity contribution in [3.05, 3.63) is 36.8 Å². The molecular weight excluding hydrogens is 266 g/mol. The fourth-order valence-electron chi connectivity index (χ4n) is 2.74. The highest BCUT2D eigenvalue weighted by atomic mass is 16.6. The van der Waals surface area contributed by atoms with Gasteiger partial charge in [0, 0.05) is 0 Å². The third-order valence-electron chi connectivity index (χ3n) is 3.94. The van der Waals surface area contributed by atoms with Gasteiger partial charge in [0.25, 0.3) is 0 Å². The van der Waals surface area contributed by atoms with Crippen LogP contribution in [0, 0.1) is 11.8 Å². The molecule has 21 heavy (non-hydrogen) atoms. The first-order valence-corrected chi connectivity index (χ1v) is 7.53. The minimum Gasteiger partial charge on any atom is -0.495 e. The summed E-state index contributed by atoms with van der Waals surface area (Å²) >= 11 is 0. The average Bonchev–Trinajstić information content (AvgIpc) is 2.46. The van der Waals surface area contributed by atoms with E-state index in [-0.39, 0.29) is 6.10 Å². The molecule has 0 aromatic carbocycles. The lowest BCUT2D eigenvalue weighted by atomic mass is 9.79. The minimum atomic E-state index is -0.459. The molecule has 0 radical (unpaired) electrons. The van der Waals surface area contributed by atoms with E-state index in [1.54, 1.807) is 12.2 Å². The van der Waals surface area contributed by atoms with Gasteiger partial charge >= 0.3 is 6.09 Å². The van der Waals surface area contributed by atoms with E-state index in [2.05, 4.69) is 32.3 Å². The highest BCUT2D eigenvalue weighted by Gasteiger charge is 2.30. The number of carbonyl (C=O) groups excluding carboxylic acids is 1. The molecule has 1 amide bonds. The zero-order valence-corrected chi connectivity index (χ0v) is 13.4. The Morgan fingerprint density at radius 1 is 1.33 bits per heavy atom. The highest BCUT2D eigenvalue weighted by Crippen LogP contribution is 2.32. The van der Waals surface area contributed by atoms with Crippen LogP contribution in [-0.2, 0) is 9.47 Å². The topological polar surface area (TPSA) is 47.6 Å². The number of carbonyl (C=O) groups is 1. The molecule has 2 atom stereocenters. The fraction of sp³-hybridized carbons (Fsp3) is 0.588. The molecular formula is C17H27NO3. The molecule has 4 nitrogen and oxygen atoms in total. The van der Waals surface area contributed by atoms with Crippen LogP contribution in [0.3, 0.4) is 0 Å². The monoisotopic (exact) mass is 293 g/mol. The molecule has 0 aromatic heterocycles. The second kappa shape index (κ2) is 8.55. The Kier molecular flexibility index (Phi) is 7.06. The quantitative estimate of drug-likeness (QED) is 0.591. The standard InChI is InChI=1S/C17H27NO3/c1-6-9-15(13(4)20-5)18-17(19)21-16-11-8-7-10-14(16)12(2)3/h6,9,12,14,16H,1,4,7-8,10-11H2,2-3,5H3,(H,18,19)/b15-9+. The summed E-state index contributed by atoms with van der Waals surface area (Å²) in [5.41, 5.74) is 0.467. The Labute approximate surface area is 127 Å². The zero-order valence-electron chi connectivity index (χ0n) is 13.4. The number of methoxy groups -OCH3 is 1. The SMILES string of the molecule is C=C/C=C(/NC(=O)OC1CCCCC1C(C)C)C(=C)OC. The van der Waals surface area contributed by atoms with Crippen molar-refractivity contribution in [2.75, 3.05) is 7.11 Å². The molecule has 0 aromatic rings. The summed E-state index contributed by atoms with van der Waals surface area (Å²) in [6, 6.07) is 0. The number of allylic oxidation sites excluding steroid dienone is 2. The third-order valence-corrected chi connectivity index (χ3v) is 3.94. The number of rotatable bonds is 6. The second-order valence-corrected chi connectivity index (χ2v) is 5.70. The normalized spacial score (nSPS) is 22.6. The largest absolute Gasteiger partial charge is 0.495 e. The van der Waals surface area contributed by atoms with Gasteiger partial charge in [-0.1, -0.05) is 39.5 Å². The van der Waals surface area contributed by atoms with E-state index >= 15 is 0 Å². The molecule has 0 aliphatic heterocycles. The van der Waals surface area contributed by atoms with Crippen molar-refractivity contribution >= 4 is 6.09 Å². The Morgan fingerprint density at radius 2 is 2.00 bits per heavy atom. The van der Waals surface area contributed by atoms with Crippen molar-refractivity contribution in [2.24, 2.45) is 11.8 Å². The Balaban J connectivity index is 2.64. The van der Waals surface area contributed by atoms with Gasteiger partial charge < -0.3 is 9.47 Å². The first-order valence-electron chi connectivity index (χ1n) is 7.53. The molecule has 1 aliphatic rings. The molecule has 1 aliphatic carbocycles. The van der Waals surface area contributed by atoms with E-state index in [0.717, 1.165) is 19.3 Å². The van der Waals surface area contributed by atoms with E-state index in [4.69, 9.17) is 9.47 Å². The molecule has 2 unspecified atom stereocenters. The summed E-state index contributed by atoms with van der Waals surface area (Å²) in [6.07, 6.45) is 7.11. The van der Waals surface area contributed by atoms with E-state index in [9.17, 15) is 4.79 Å². The van der Waals surface area contributed by atoms with Gasteiger partial charge in [0.15, 0.2) is 0 Å². The minimum absolute atomic E-state index is 0.0143. The van der Waals surface area contributed by atoms with Crippen LogP contribution < -0.4 is 5.32 Å². The molecule has 4 heteroatoms. The van der Waals surface area contributed by atoms with Crippen LogP contribution in [0.25, 0.3) is 0 Å². The van der Waals surface area contributed by atoms with Gasteiger partial charge in [-0.15, -0.1) is 0 Å².